The Labute approximate surface area is 392 Å². The molecule has 0 fully saturated rings. The third kappa shape index (κ3) is 50.4. The van der Waals surface area contributed by atoms with Crippen LogP contribution in [0.25, 0.3) is 0 Å². The Kier molecular flexibility index (Phi) is 51.8. The third-order valence-corrected chi connectivity index (χ3v) is 12.1. The first-order chi connectivity index (χ1) is 31.2. The summed E-state index contributed by atoms with van der Waals surface area (Å²) in [6, 6.07) is -0.663. The highest BCUT2D eigenvalue weighted by molar-refractivity contribution is 5.76. The van der Waals surface area contributed by atoms with Gasteiger partial charge in [0.2, 0.25) is 5.91 Å². The topological polar surface area (TPSA) is 69.6 Å². The second-order valence-corrected chi connectivity index (χ2v) is 18.3. The van der Waals surface area contributed by atoms with Crippen LogP contribution in [0.3, 0.4) is 0 Å². The van der Waals surface area contributed by atoms with Crippen molar-refractivity contribution < 1.29 is 15.0 Å². The van der Waals surface area contributed by atoms with Crippen LogP contribution >= 0.6 is 0 Å². The summed E-state index contributed by atoms with van der Waals surface area (Å²) in [4.78, 5) is 12.4. The fraction of sp³-hybridized carbons (Fsp3) is 0.746. The highest BCUT2D eigenvalue weighted by Gasteiger charge is 2.17. The minimum atomic E-state index is -0.883. The van der Waals surface area contributed by atoms with E-state index < -0.39 is 12.1 Å². The second kappa shape index (κ2) is 53.9. The molecule has 4 nitrogen and oxygen atoms in total. The summed E-state index contributed by atoms with van der Waals surface area (Å²) in [5.41, 5.74) is 0. The lowest BCUT2D eigenvalue weighted by molar-refractivity contribution is -0.123. The molecular formula is C59H105NO3. The molecule has 2 atom stereocenters. The highest BCUT2D eigenvalue weighted by atomic mass is 16.3. The number of rotatable bonds is 49. The van der Waals surface area contributed by atoms with Crippen LogP contribution in [0.5, 0.6) is 0 Å². The Morgan fingerprint density at radius 3 is 1.11 bits per heavy atom. The van der Waals surface area contributed by atoms with Crippen molar-refractivity contribution in [2.75, 3.05) is 6.61 Å². The van der Waals surface area contributed by atoms with Crippen LogP contribution in [0.1, 0.15) is 264 Å². The van der Waals surface area contributed by atoms with Gasteiger partial charge in [-0.25, -0.2) is 0 Å². The molecule has 63 heavy (non-hydrogen) atoms. The van der Waals surface area contributed by atoms with E-state index in [1.165, 1.54) is 167 Å². The molecule has 4 heteroatoms. The number of aliphatic hydroxyl groups excluding tert-OH is 2. The molecule has 3 N–H and O–H groups in total. The van der Waals surface area contributed by atoms with E-state index in [4.69, 9.17) is 0 Å². The van der Waals surface area contributed by atoms with E-state index in [2.05, 4.69) is 92.1 Å². The summed E-state index contributed by atoms with van der Waals surface area (Å²) in [7, 11) is 0. The number of hydrogen-bond donors (Lipinski definition) is 3. The van der Waals surface area contributed by atoms with E-state index >= 15 is 0 Å². The fourth-order valence-electron chi connectivity index (χ4n) is 7.99. The maximum Gasteiger partial charge on any atom is 0.220 e. The van der Waals surface area contributed by atoms with Gasteiger partial charge in [0.15, 0.2) is 0 Å². The van der Waals surface area contributed by atoms with Gasteiger partial charge in [-0.05, 0) is 77.0 Å². The lowest BCUT2D eigenvalue weighted by Crippen LogP contribution is -2.45. The molecule has 1 amide bonds. The van der Waals surface area contributed by atoms with Crippen molar-refractivity contribution in [2.45, 2.75) is 276 Å². The van der Waals surface area contributed by atoms with Crippen molar-refractivity contribution in [1.29, 1.82) is 0 Å². The van der Waals surface area contributed by atoms with Gasteiger partial charge in [-0.15, -0.1) is 0 Å². The highest BCUT2D eigenvalue weighted by Crippen LogP contribution is 2.16. The van der Waals surface area contributed by atoms with E-state index in [0.29, 0.717) is 6.42 Å². The number of amides is 1. The molecule has 0 aromatic heterocycles. The number of hydrogen-bond acceptors (Lipinski definition) is 3. The molecular weight excluding hydrogens is 771 g/mol. The molecule has 0 rings (SSSR count). The van der Waals surface area contributed by atoms with Crippen molar-refractivity contribution in [1.82, 2.24) is 5.32 Å². The second-order valence-electron chi connectivity index (χ2n) is 18.3. The summed E-state index contributed by atoms with van der Waals surface area (Å²) in [5.74, 6) is -0.106. The predicted octanol–water partition coefficient (Wildman–Crippen LogP) is 18.0. The van der Waals surface area contributed by atoms with Gasteiger partial charge in [0, 0.05) is 6.42 Å². The van der Waals surface area contributed by atoms with Crippen LogP contribution in [0, 0.1) is 0 Å². The van der Waals surface area contributed by atoms with Gasteiger partial charge in [-0.1, -0.05) is 266 Å². The van der Waals surface area contributed by atoms with Crippen LogP contribution in [0.2, 0.25) is 0 Å². The molecule has 0 aliphatic carbocycles. The van der Waals surface area contributed by atoms with E-state index in [1.807, 2.05) is 6.08 Å². The number of carbonyl (C=O) groups excluding carboxylic acids is 1. The minimum Gasteiger partial charge on any atom is -0.394 e. The van der Waals surface area contributed by atoms with E-state index in [9.17, 15) is 15.0 Å². The maximum absolute atomic E-state index is 12.4. The molecule has 0 heterocycles. The van der Waals surface area contributed by atoms with E-state index in [0.717, 1.165) is 77.0 Å². The molecule has 0 bridgehead atoms. The zero-order chi connectivity index (χ0) is 45.6. The smallest absolute Gasteiger partial charge is 0.220 e. The van der Waals surface area contributed by atoms with Crippen molar-refractivity contribution in [3.8, 4) is 0 Å². The lowest BCUT2D eigenvalue weighted by Gasteiger charge is -2.19. The Hall–Kier alpha value is -2.43. The van der Waals surface area contributed by atoms with Crippen molar-refractivity contribution in [3.63, 3.8) is 0 Å². The summed E-state index contributed by atoms with van der Waals surface area (Å²) in [5, 5.41) is 23.1. The molecule has 0 saturated heterocycles. The molecule has 0 spiro atoms. The van der Waals surface area contributed by atoms with Crippen molar-refractivity contribution in [3.05, 3.63) is 85.1 Å². The number of aliphatic hydroxyl groups is 2. The SMILES string of the molecule is CC/C=C\C/C=C\C/C=C\C/C=C\C/C=C\CCCCCC(=O)NC(CO)C(O)/C=C/CC/C=C/CCCCCCCCCCCCCCCCCCCCCCCCCCCC. The number of allylic oxidation sites excluding steroid dienone is 13. The standard InChI is InChI=1S/C59H105NO3/c1-3-5-7-9-11-13-15-17-19-21-23-24-25-26-27-28-29-30-31-32-33-34-35-37-38-40-42-44-46-48-50-52-54-58(62)57(56-61)60-59(63)55-53-51-49-47-45-43-41-39-36-22-20-18-16-14-12-10-8-6-4-2/h6,8,12,14,18,20,36,39,43-46,52,54,57-58,61-62H,3-5,7,9-11,13,15-17,19,21-35,37-38,40-42,47-51,53,55-56H2,1-2H3,(H,60,63)/b8-6-,14-12-,20-18-,39-36-,45-43-,46-44+,54-52+. The molecule has 0 saturated carbocycles. The van der Waals surface area contributed by atoms with Crippen LogP contribution < -0.4 is 5.32 Å². The lowest BCUT2D eigenvalue weighted by atomic mass is 10.0. The number of unbranched alkanes of at least 4 members (excludes halogenated alkanes) is 30. The quantitative estimate of drug-likeness (QED) is 0.0421. The zero-order valence-corrected chi connectivity index (χ0v) is 41.8. The average Bonchev–Trinajstić information content (AvgIpc) is 3.29. The third-order valence-electron chi connectivity index (χ3n) is 12.1. The summed E-state index contributed by atoms with van der Waals surface area (Å²) in [6.07, 6.45) is 78.9. The molecule has 0 aliphatic rings. The summed E-state index contributed by atoms with van der Waals surface area (Å²) in [6.45, 7) is 4.18. The Morgan fingerprint density at radius 2 is 0.714 bits per heavy atom. The Morgan fingerprint density at radius 1 is 0.397 bits per heavy atom. The summed E-state index contributed by atoms with van der Waals surface area (Å²) >= 11 is 0. The van der Waals surface area contributed by atoms with Gasteiger partial charge in [-0.3, -0.25) is 4.79 Å². The van der Waals surface area contributed by atoms with Crippen LogP contribution in [-0.2, 0) is 4.79 Å². The molecule has 364 valence electrons. The van der Waals surface area contributed by atoms with Crippen LogP contribution in [0.4, 0.5) is 0 Å². The molecule has 0 aromatic rings. The largest absolute Gasteiger partial charge is 0.394 e. The monoisotopic (exact) mass is 876 g/mol. The average molecular weight is 876 g/mol. The normalized spacial score (nSPS) is 13.5. The minimum absolute atomic E-state index is 0.106. The first-order valence-corrected chi connectivity index (χ1v) is 27.3. The molecule has 2 unspecified atom stereocenters. The molecule has 0 aromatic carbocycles. The maximum atomic E-state index is 12.4. The van der Waals surface area contributed by atoms with Crippen LogP contribution in [-0.4, -0.2) is 34.9 Å². The molecule has 0 aliphatic heterocycles. The van der Waals surface area contributed by atoms with E-state index in [-0.39, 0.29) is 12.5 Å². The van der Waals surface area contributed by atoms with Gasteiger partial charge in [-0.2, -0.15) is 0 Å². The first-order valence-electron chi connectivity index (χ1n) is 27.3. The van der Waals surface area contributed by atoms with Gasteiger partial charge in [0.1, 0.15) is 0 Å². The number of carbonyl (C=O) groups is 1. The van der Waals surface area contributed by atoms with Gasteiger partial charge < -0.3 is 15.5 Å². The molecule has 0 radical (unpaired) electrons. The van der Waals surface area contributed by atoms with Gasteiger partial charge >= 0.3 is 0 Å². The van der Waals surface area contributed by atoms with E-state index in [1.54, 1.807) is 6.08 Å². The predicted molar refractivity (Wildman–Crippen MR) is 280 cm³/mol. The Balaban J connectivity index is 3.57. The van der Waals surface area contributed by atoms with Crippen molar-refractivity contribution >= 4 is 5.91 Å². The Bertz CT molecular complexity index is 1130. The van der Waals surface area contributed by atoms with Crippen LogP contribution in [0.15, 0.2) is 85.1 Å². The van der Waals surface area contributed by atoms with Gasteiger partial charge in [0.25, 0.3) is 0 Å². The summed E-state index contributed by atoms with van der Waals surface area (Å²) < 4.78 is 0. The number of nitrogens with one attached hydrogen (secondary N) is 1. The zero-order valence-electron chi connectivity index (χ0n) is 41.8. The van der Waals surface area contributed by atoms with Crippen molar-refractivity contribution in [2.24, 2.45) is 0 Å². The first kappa shape index (κ1) is 60.6. The van der Waals surface area contributed by atoms with Gasteiger partial charge in [0.05, 0.1) is 18.8 Å². The fourth-order valence-corrected chi connectivity index (χ4v) is 7.99.